The van der Waals surface area contributed by atoms with Crippen molar-refractivity contribution in [2.45, 2.75) is 25.4 Å². The molecule has 2 aliphatic rings. The third kappa shape index (κ3) is 3.18. The lowest BCUT2D eigenvalue weighted by Crippen LogP contribution is -2.35. The lowest BCUT2D eigenvalue weighted by atomic mass is 10.1. The molecule has 0 spiro atoms. The number of fused-ring (bicyclic) bond motifs is 1. The van der Waals surface area contributed by atoms with Gasteiger partial charge in [0.15, 0.2) is 0 Å². The normalized spacial score (nSPS) is 18.8. The van der Waals surface area contributed by atoms with Gasteiger partial charge in [-0.15, -0.1) is 0 Å². The van der Waals surface area contributed by atoms with Crippen LogP contribution in [0.15, 0.2) is 42.6 Å². The maximum atomic E-state index is 12.8. The van der Waals surface area contributed by atoms with Gasteiger partial charge >= 0.3 is 0 Å². The first-order valence-electron chi connectivity index (χ1n) is 8.92. The maximum Gasteiger partial charge on any atom is 0.257 e. The number of para-hydroxylation sites is 1. The Labute approximate surface area is 148 Å². The molecule has 5 heteroatoms. The Kier molecular flexibility index (Phi) is 4.30. The van der Waals surface area contributed by atoms with Crippen molar-refractivity contribution >= 4 is 11.7 Å². The smallest absolute Gasteiger partial charge is 0.257 e. The SMILES string of the molecule is CN(CC1Cc2ccccc2O1)c1ncccc1C(=O)N1CCCC1. The summed E-state index contributed by atoms with van der Waals surface area (Å²) in [4.78, 5) is 21.3. The number of carbonyl (C=O) groups excluding carboxylic acids is 1. The molecule has 1 unspecified atom stereocenters. The molecule has 1 amide bonds. The van der Waals surface area contributed by atoms with E-state index in [-0.39, 0.29) is 12.0 Å². The maximum absolute atomic E-state index is 12.8. The predicted octanol–water partition coefficient (Wildman–Crippen LogP) is 2.76. The average Bonchev–Trinajstić information content (AvgIpc) is 3.30. The van der Waals surface area contributed by atoms with Crippen LogP contribution in [0.3, 0.4) is 0 Å². The second-order valence-corrected chi connectivity index (χ2v) is 6.81. The van der Waals surface area contributed by atoms with Crippen LogP contribution < -0.4 is 9.64 Å². The summed E-state index contributed by atoms with van der Waals surface area (Å²) in [6.07, 6.45) is 4.90. The van der Waals surface area contributed by atoms with Crippen molar-refractivity contribution in [2.75, 3.05) is 31.6 Å². The number of hydrogen-bond donors (Lipinski definition) is 0. The zero-order chi connectivity index (χ0) is 17.2. The fourth-order valence-electron chi connectivity index (χ4n) is 3.71. The molecule has 0 bridgehead atoms. The van der Waals surface area contributed by atoms with E-state index >= 15 is 0 Å². The van der Waals surface area contributed by atoms with Gasteiger partial charge in [-0.3, -0.25) is 4.79 Å². The quantitative estimate of drug-likeness (QED) is 0.861. The number of anilines is 1. The van der Waals surface area contributed by atoms with Crippen LogP contribution in [0.2, 0.25) is 0 Å². The van der Waals surface area contributed by atoms with Crippen molar-refractivity contribution in [1.82, 2.24) is 9.88 Å². The molecule has 4 rings (SSSR count). The lowest BCUT2D eigenvalue weighted by Gasteiger charge is -2.25. The van der Waals surface area contributed by atoms with Gasteiger partial charge in [0, 0.05) is 32.8 Å². The first-order valence-corrected chi connectivity index (χ1v) is 8.92. The zero-order valence-corrected chi connectivity index (χ0v) is 14.5. The molecule has 1 atom stereocenters. The average molecular weight is 337 g/mol. The number of nitrogens with zero attached hydrogens (tertiary/aromatic N) is 3. The highest BCUT2D eigenvalue weighted by Gasteiger charge is 2.27. The summed E-state index contributed by atoms with van der Waals surface area (Å²) in [5, 5.41) is 0. The third-order valence-electron chi connectivity index (χ3n) is 4.96. The Bertz CT molecular complexity index is 746. The highest BCUT2D eigenvalue weighted by atomic mass is 16.5. The third-order valence-corrected chi connectivity index (χ3v) is 4.96. The monoisotopic (exact) mass is 337 g/mol. The van der Waals surface area contributed by atoms with E-state index in [2.05, 4.69) is 11.1 Å². The molecule has 5 nitrogen and oxygen atoms in total. The Hall–Kier alpha value is -2.56. The van der Waals surface area contributed by atoms with Gasteiger partial charge in [0.1, 0.15) is 17.7 Å². The number of aromatic nitrogens is 1. The van der Waals surface area contributed by atoms with Gasteiger partial charge in [-0.2, -0.15) is 0 Å². The van der Waals surface area contributed by atoms with E-state index in [4.69, 9.17) is 4.74 Å². The van der Waals surface area contributed by atoms with E-state index in [1.165, 1.54) is 5.56 Å². The first kappa shape index (κ1) is 15.9. The predicted molar refractivity (Wildman–Crippen MR) is 97.2 cm³/mol. The van der Waals surface area contributed by atoms with Crippen molar-refractivity contribution in [3.05, 3.63) is 53.7 Å². The molecule has 0 radical (unpaired) electrons. The summed E-state index contributed by atoms with van der Waals surface area (Å²) in [7, 11) is 1.98. The van der Waals surface area contributed by atoms with E-state index in [0.717, 1.165) is 43.9 Å². The molecule has 25 heavy (non-hydrogen) atoms. The second kappa shape index (κ2) is 6.75. The minimum atomic E-state index is 0.0825. The van der Waals surface area contributed by atoms with Gasteiger partial charge in [-0.25, -0.2) is 4.98 Å². The Balaban J connectivity index is 1.49. The Morgan fingerprint density at radius 3 is 2.84 bits per heavy atom. The van der Waals surface area contributed by atoms with E-state index in [9.17, 15) is 4.79 Å². The van der Waals surface area contributed by atoms with Crippen molar-refractivity contribution < 1.29 is 9.53 Å². The second-order valence-electron chi connectivity index (χ2n) is 6.81. The first-order chi connectivity index (χ1) is 12.2. The number of benzene rings is 1. The molecule has 2 aromatic rings. The fourth-order valence-corrected chi connectivity index (χ4v) is 3.71. The summed E-state index contributed by atoms with van der Waals surface area (Å²) in [5.74, 6) is 1.79. The summed E-state index contributed by atoms with van der Waals surface area (Å²) in [6.45, 7) is 2.39. The molecule has 2 aliphatic heterocycles. The topological polar surface area (TPSA) is 45.7 Å². The van der Waals surface area contributed by atoms with Crippen molar-refractivity contribution in [3.8, 4) is 5.75 Å². The highest BCUT2D eigenvalue weighted by molar-refractivity contribution is 5.99. The van der Waals surface area contributed by atoms with Crippen LogP contribution in [0.4, 0.5) is 5.82 Å². The van der Waals surface area contributed by atoms with Crippen LogP contribution in [0.5, 0.6) is 5.75 Å². The van der Waals surface area contributed by atoms with Gasteiger partial charge in [0.05, 0.1) is 12.1 Å². The number of rotatable bonds is 4. The lowest BCUT2D eigenvalue weighted by molar-refractivity contribution is 0.0793. The minimum absolute atomic E-state index is 0.0825. The molecule has 0 aliphatic carbocycles. The number of amides is 1. The van der Waals surface area contributed by atoms with E-state index in [0.29, 0.717) is 12.1 Å². The van der Waals surface area contributed by atoms with Crippen LogP contribution in [0.1, 0.15) is 28.8 Å². The number of hydrogen-bond acceptors (Lipinski definition) is 4. The molecule has 3 heterocycles. The molecular weight excluding hydrogens is 314 g/mol. The number of pyridine rings is 1. The molecule has 0 N–H and O–H groups in total. The molecule has 1 saturated heterocycles. The summed E-state index contributed by atoms with van der Waals surface area (Å²) in [5.41, 5.74) is 1.93. The number of ether oxygens (including phenoxy) is 1. The minimum Gasteiger partial charge on any atom is -0.488 e. The van der Waals surface area contributed by atoms with Crippen LogP contribution in [-0.4, -0.2) is 48.6 Å². The summed E-state index contributed by atoms with van der Waals surface area (Å²) in [6, 6.07) is 11.9. The Morgan fingerprint density at radius 1 is 1.24 bits per heavy atom. The van der Waals surface area contributed by atoms with Gasteiger partial charge in [-0.1, -0.05) is 18.2 Å². The number of likely N-dealkylation sites (N-methyl/N-ethyl adjacent to an activating group) is 1. The van der Waals surface area contributed by atoms with E-state index < -0.39 is 0 Å². The van der Waals surface area contributed by atoms with E-state index in [1.807, 2.05) is 47.2 Å². The van der Waals surface area contributed by atoms with Crippen molar-refractivity contribution in [1.29, 1.82) is 0 Å². The fraction of sp³-hybridized carbons (Fsp3) is 0.400. The van der Waals surface area contributed by atoms with E-state index in [1.54, 1.807) is 6.20 Å². The highest BCUT2D eigenvalue weighted by Crippen LogP contribution is 2.29. The van der Waals surface area contributed by atoms with Crippen molar-refractivity contribution in [3.63, 3.8) is 0 Å². The summed E-state index contributed by atoms with van der Waals surface area (Å²) < 4.78 is 6.03. The van der Waals surface area contributed by atoms with Crippen LogP contribution in [0, 0.1) is 0 Å². The van der Waals surface area contributed by atoms with Crippen LogP contribution in [-0.2, 0) is 6.42 Å². The standard InChI is InChI=1S/C20H23N3O2/c1-22(14-16-13-15-7-2-3-9-18(15)25-16)19-17(8-6-10-21-19)20(24)23-11-4-5-12-23/h2-3,6-10,16H,4-5,11-14H2,1H3. The van der Waals surface area contributed by atoms with Crippen LogP contribution >= 0.6 is 0 Å². The molecular formula is C20H23N3O2. The number of likely N-dealkylation sites (tertiary alicyclic amines) is 1. The molecule has 1 aromatic carbocycles. The van der Waals surface area contributed by atoms with Gasteiger partial charge < -0.3 is 14.5 Å². The van der Waals surface area contributed by atoms with Gasteiger partial charge in [0.25, 0.3) is 5.91 Å². The summed E-state index contributed by atoms with van der Waals surface area (Å²) >= 11 is 0. The number of carbonyl (C=O) groups is 1. The Morgan fingerprint density at radius 2 is 2.04 bits per heavy atom. The van der Waals surface area contributed by atoms with Crippen molar-refractivity contribution in [2.24, 2.45) is 0 Å². The zero-order valence-electron chi connectivity index (χ0n) is 14.5. The molecule has 0 saturated carbocycles. The molecule has 1 aromatic heterocycles. The molecule has 1 fully saturated rings. The van der Waals surface area contributed by atoms with Crippen LogP contribution in [0.25, 0.3) is 0 Å². The van der Waals surface area contributed by atoms with Gasteiger partial charge in [0.2, 0.25) is 0 Å². The largest absolute Gasteiger partial charge is 0.488 e. The molecule has 130 valence electrons. The van der Waals surface area contributed by atoms with Gasteiger partial charge in [-0.05, 0) is 36.6 Å².